The molecule has 1 aromatic heterocycles. The second kappa shape index (κ2) is 9.96. The van der Waals surface area contributed by atoms with Crippen molar-refractivity contribution in [1.82, 2.24) is 5.32 Å². The van der Waals surface area contributed by atoms with E-state index in [0.717, 1.165) is 5.69 Å². The first-order valence-electron chi connectivity index (χ1n) is 10.9. The lowest BCUT2D eigenvalue weighted by atomic mass is 9.81. The number of hydrogen-bond donors (Lipinski definition) is 3. The van der Waals surface area contributed by atoms with Gasteiger partial charge in [0.1, 0.15) is 0 Å². The molecule has 31 heavy (non-hydrogen) atoms. The molecule has 1 aliphatic rings. The first kappa shape index (κ1) is 21.4. The molecule has 0 bridgehead atoms. The highest BCUT2D eigenvalue weighted by molar-refractivity contribution is 7.17. The van der Waals surface area contributed by atoms with E-state index in [0.29, 0.717) is 11.5 Å². The number of carboxylic acid groups (broad SMARTS) is 1. The van der Waals surface area contributed by atoms with Gasteiger partial charge in [0.05, 0.1) is 12.5 Å². The van der Waals surface area contributed by atoms with Crippen molar-refractivity contribution in [3.63, 3.8) is 0 Å². The van der Waals surface area contributed by atoms with Gasteiger partial charge in [-0.05, 0) is 65.4 Å². The van der Waals surface area contributed by atoms with Crippen LogP contribution in [0.4, 0.5) is 5.69 Å². The number of fused-ring (bicyclic) bond motifs is 1. The predicted octanol–water partition coefficient (Wildman–Crippen LogP) is 5.84. The average molecular weight is 437 g/mol. The molecule has 4 rings (SSSR count). The summed E-state index contributed by atoms with van der Waals surface area (Å²) < 4.78 is 1.31. The van der Waals surface area contributed by atoms with Crippen LogP contribution >= 0.6 is 11.3 Å². The Labute approximate surface area is 186 Å². The van der Waals surface area contributed by atoms with Crippen LogP contribution in [-0.2, 0) is 4.79 Å². The van der Waals surface area contributed by atoms with Gasteiger partial charge in [-0.1, -0.05) is 37.5 Å². The molecule has 3 N–H and O–H groups in total. The zero-order valence-corrected chi connectivity index (χ0v) is 18.3. The predicted molar refractivity (Wildman–Crippen MR) is 126 cm³/mol. The molecule has 0 aliphatic heterocycles. The molecule has 0 radical (unpaired) electrons. The van der Waals surface area contributed by atoms with Crippen LogP contribution in [0.1, 0.15) is 60.5 Å². The van der Waals surface area contributed by atoms with Gasteiger partial charge in [0, 0.05) is 22.5 Å². The van der Waals surface area contributed by atoms with Crippen LogP contribution in [0.3, 0.4) is 0 Å². The molecular formula is C25H28N2O3S. The van der Waals surface area contributed by atoms with Gasteiger partial charge in [0.15, 0.2) is 0 Å². The molecular weight excluding hydrogens is 408 g/mol. The topological polar surface area (TPSA) is 78.4 Å². The van der Waals surface area contributed by atoms with E-state index >= 15 is 0 Å². The van der Waals surface area contributed by atoms with Crippen molar-refractivity contribution in [2.45, 2.75) is 44.6 Å². The number of carbonyl (C=O) groups is 2. The van der Waals surface area contributed by atoms with Gasteiger partial charge in [-0.25, -0.2) is 0 Å². The molecule has 6 heteroatoms. The molecule has 5 nitrogen and oxygen atoms in total. The van der Waals surface area contributed by atoms with Crippen molar-refractivity contribution in [3.05, 3.63) is 65.0 Å². The molecule has 1 amide bonds. The van der Waals surface area contributed by atoms with E-state index in [4.69, 9.17) is 5.11 Å². The van der Waals surface area contributed by atoms with E-state index in [9.17, 15) is 9.59 Å². The van der Waals surface area contributed by atoms with Crippen LogP contribution in [0, 0.1) is 5.92 Å². The number of rotatable bonds is 8. The summed E-state index contributed by atoms with van der Waals surface area (Å²) in [6.07, 6.45) is 6.25. The number of amides is 1. The largest absolute Gasteiger partial charge is 0.481 e. The number of nitrogens with one attached hydrogen (secondary N) is 2. The molecule has 0 spiro atoms. The van der Waals surface area contributed by atoms with Crippen molar-refractivity contribution < 1.29 is 14.7 Å². The number of thiophene rings is 1. The van der Waals surface area contributed by atoms with Crippen LogP contribution < -0.4 is 10.6 Å². The summed E-state index contributed by atoms with van der Waals surface area (Å²) >= 11 is 1.80. The van der Waals surface area contributed by atoms with Gasteiger partial charge >= 0.3 is 5.97 Å². The Bertz CT molecular complexity index is 1040. The third kappa shape index (κ3) is 5.25. The van der Waals surface area contributed by atoms with Crippen LogP contribution in [0.15, 0.2) is 53.9 Å². The first-order chi connectivity index (χ1) is 15.1. The Morgan fingerprint density at radius 1 is 1.03 bits per heavy atom. The molecule has 1 heterocycles. The minimum absolute atomic E-state index is 0.0803. The van der Waals surface area contributed by atoms with Gasteiger partial charge < -0.3 is 15.7 Å². The van der Waals surface area contributed by atoms with E-state index in [1.165, 1.54) is 47.8 Å². The quantitative estimate of drug-likeness (QED) is 0.414. The highest BCUT2D eigenvalue weighted by Crippen LogP contribution is 2.41. The Morgan fingerprint density at radius 2 is 1.77 bits per heavy atom. The maximum absolute atomic E-state index is 12.2. The van der Waals surface area contributed by atoms with Crippen LogP contribution in [0.2, 0.25) is 0 Å². The summed E-state index contributed by atoms with van der Waals surface area (Å²) in [7, 11) is 0. The van der Waals surface area contributed by atoms with E-state index < -0.39 is 5.97 Å². The maximum atomic E-state index is 12.2. The van der Waals surface area contributed by atoms with Crippen LogP contribution in [-0.4, -0.2) is 23.5 Å². The first-order valence-corrected chi connectivity index (χ1v) is 11.8. The minimum atomic E-state index is -0.922. The molecule has 1 fully saturated rings. The van der Waals surface area contributed by atoms with Gasteiger partial charge in [0.25, 0.3) is 5.91 Å². The fraction of sp³-hybridized carbons (Fsp3) is 0.360. The van der Waals surface area contributed by atoms with E-state index in [-0.39, 0.29) is 24.9 Å². The zero-order valence-electron chi connectivity index (χ0n) is 17.5. The zero-order chi connectivity index (χ0) is 21.6. The second-order valence-electron chi connectivity index (χ2n) is 8.18. The van der Waals surface area contributed by atoms with Crippen molar-refractivity contribution in [2.75, 3.05) is 11.9 Å². The molecule has 1 saturated carbocycles. The normalized spacial score (nSPS) is 15.5. The summed E-state index contributed by atoms with van der Waals surface area (Å²) in [4.78, 5) is 22.8. The Balaban J connectivity index is 1.52. The van der Waals surface area contributed by atoms with E-state index in [2.05, 4.69) is 40.3 Å². The van der Waals surface area contributed by atoms with Crippen molar-refractivity contribution in [2.24, 2.45) is 5.92 Å². The molecule has 162 valence electrons. The van der Waals surface area contributed by atoms with Gasteiger partial charge in [0.2, 0.25) is 0 Å². The monoisotopic (exact) mass is 436 g/mol. The SMILES string of the molecule is O=C(O)CCNC(=O)c1ccc(NC(c2csc3ccccc23)C2CCCCC2)cc1. The van der Waals surface area contributed by atoms with Crippen molar-refractivity contribution in [1.29, 1.82) is 0 Å². The number of carboxylic acids is 1. The minimum Gasteiger partial charge on any atom is -0.481 e. The number of benzene rings is 2. The van der Waals surface area contributed by atoms with E-state index in [1.807, 2.05) is 12.1 Å². The molecule has 1 atom stereocenters. The third-order valence-corrected chi connectivity index (χ3v) is 7.04. The van der Waals surface area contributed by atoms with Crippen LogP contribution in [0.25, 0.3) is 10.1 Å². The second-order valence-corrected chi connectivity index (χ2v) is 9.10. The van der Waals surface area contributed by atoms with Crippen LogP contribution in [0.5, 0.6) is 0 Å². The fourth-order valence-corrected chi connectivity index (χ4v) is 5.44. The summed E-state index contributed by atoms with van der Waals surface area (Å²) in [5.74, 6) is -0.583. The Kier molecular flexibility index (Phi) is 6.87. The number of hydrogen-bond acceptors (Lipinski definition) is 4. The molecule has 1 aliphatic carbocycles. The van der Waals surface area contributed by atoms with Gasteiger partial charge in [-0.3, -0.25) is 9.59 Å². The van der Waals surface area contributed by atoms with Crippen molar-refractivity contribution >= 4 is 39.0 Å². The smallest absolute Gasteiger partial charge is 0.305 e. The molecule has 1 unspecified atom stereocenters. The highest BCUT2D eigenvalue weighted by Gasteiger charge is 2.27. The van der Waals surface area contributed by atoms with Gasteiger partial charge in [-0.15, -0.1) is 11.3 Å². The van der Waals surface area contributed by atoms with Crippen molar-refractivity contribution in [3.8, 4) is 0 Å². The maximum Gasteiger partial charge on any atom is 0.305 e. The Morgan fingerprint density at radius 3 is 2.52 bits per heavy atom. The average Bonchev–Trinajstić information content (AvgIpc) is 3.22. The number of anilines is 1. The molecule has 0 saturated heterocycles. The Hall–Kier alpha value is -2.86. The summed E-state index contributed by atoms with van der Waals surface area (Å²) in [5.41, 5.74) is 2.89. The lowest BCUT2D eigenvalue weighted by molar-refractivity contribution is -0.136. The summed E-state index contributed by atoms with van der Waals surface area (Å²) in [5, 5.41) is 18.7. The standard InChI is InChI=1S/C25H28N2O3S/c28-23(29)14-15-26-25(30)18-10-12-19(13-11-18)27-24(17-6-2-1-3-7-17)21-16-31-22-9-5-4-8-20(21)22/h4-5,8-13,16-17,24,27H,1-3,6-7,14-15H2,(H,26,30)(H,28,29). The summed E-state index contributed by atoms with van der Waals surface area (Å²) in [6, 6.07) is 16.3. The van der Waals surface area contributed by atoms with E-state index in [1.54, 1.807) is 23.5 Å². The number of carbonyl (C=O) groups excluding carboxylic acids is 1. The highest BCUT2D eigenvalue weighted by atomic mass is 32.1. The lowest BCUT2D eigenvalue weighted by Gasteiger charge is -2.32. The third-order valence-electron chi connectivity index (χ3n) is 6.06. The fourth-order valence-electron chi connectivity index (χ4n) is 4.44. The molecule has 3 aromatic rings. The number of aliphatic carboxylic acids is 1. The van der Waals surface area contributed by atoms with Gasteiger partial charge in [-0.2, -0.15) is 0 Å². The molecule has 2 aromatic carbocycles. The lowest BCUT2D eigenvalue weighted by Crippen LogP contribution is -2.26. The summed E-state index contributed by atoms with van der Waals surface area (Å²) in [6.45, 7) is 0.128.